The Kier molecular flexibility index (Phi) is 6.41. The molecule has 6 nitrogen and oxygen atoms in total. The standard InChI is InChI=1S/C23H27N3O3S2/c1-17-10-11-18(2)21(16-17)31(28,29)26-14-12-25(13-15-26)23(27)9-5-8-22-24-19-6-3-4-7-20(19)30-22/h3-4,6-7,10-11,16H,5,8-9,12-15H2,1-2H3. The second-order valence-electron chi connectivity index (χ2n) is 7.98. The van der Waals surface area contributed by atoms with Gasteiger partial charge in [-0.05, 0) is 56.0 Å². The molecule has 0 bridgehead atoms. The van der Waals surface area contributed by atoms with Gasteiger partial charge in [0.1, 0.15) is 0 Å². The number of carbonyl (C=O) groups excluding carboxylic acids is 1. The fourth-order valence-electron chi connectivity index (χ4n) is 3.88. The molecule has 2 aromatic carbocycles. The average molecular weight is 458 g/mol. The van der Waals surface area contributed by atoms with Gasteiger partial charge in [-0.1, -0.05) is 24.3 Å². The maximum Gasteiger partial charge on any atom is 0.243 e. The predicted octanol–water partition coefficient (Wildman–Crippen LogP) is 3.77. The number of aromatic nitrogens is 1. The molecule has 8 heteroatoms. The second kappa shape index (κ2) is 9.06. The minimum Gasteiger partial charge on any atom is -0.340 e. The minimum atomic E-state index is -3.54. The first-order chi connectivity index (χ1) is 14.8. The summed E-state index contributed by atoms with van der Waals surface area (Å²) in [6.45, 7) is 5.24. The van der Waals surface area contributed by atoms with Crippen molar-refractivity contribution in [3.63, 3.8) is 0 Å². The highest BCUT2D eigenvalue weighted by atomic mass is 32.2. The summed E-state index contributed by atoms with van der Waals surface area (Å²) in [4.78, 5) is 19.4. The monoisotopic (exact) mass is 457 g/mol. The number of hydrogen-bond donors (Lipinski definition) is 0. The molecule has 4 rings (SSSR count). The van der Waals surface area contributed by atoms with Crippen LogP contribution in [-0.2, 0) is 21.2 Å². The van der Waals surface area contributed by atoms with Gasteiger partial charge < -0.3 is 4.90 Å². The summed E-state index contributed by atoms with van der Waals surface area (Å²) in [7, 11) is -3.54. The molecule has 3 aromatic rings. The van der Waals surface area contributed by atoms with Crippen LogP contribution in [0.4, 0.5) is 0 Å². The summed E-state index contributed by atoms with van der Waals surface area (Å²) in [5.41, 5.74) is 2.68. The molecule has 0 atom stereocenters. The van der Waals surface area contributed by atoms with Crippen LogP contribution in [0.1, 0.15) is 29.0 Å². The van der Waals surface area contributed by atoms with Crippen LogP contribution in [0.3, 0.4) is 0 Å². The van der Waals surface area contributed by atoms with E-state index in [9.17, 15) is 13.2 Å². The SMILES string of the molecule is Cc1ccc(C)c(S(=O)(=O)N2CCN(C(=O)CCCc3nc4ccccc4s3)CC2)c1. The molecule has 164 valence electrons. The Balaban J connectivity index is 1.30. The lowest BCUT2D eigenvalue weighted by Gasteiger charge is -2.34. The van der Waals surface area contributed by atoms with Crippen LogP contribution in [0.5, 0.6) is 0 Å². The highest BCUT2D eigenvalue weighted by molar-refractivity contribution is 7.89. The number of sulfonamides is 1. The van der Waals surface area contributed by atoms with E-state index in [1.165, 1.54) is 9.01 Å². The lowest BCUT2D eigenvalue weighted by molar-refractivity contribution is -0.132. The summed E-state index contributed by atoms with van der Waals surface area (Å²) in [5.74, 6) is 0.0879. The third-order valence-electron chi connectivity index (χ3n) is 5.67. The Bertz CT molecular complexity index is 1160. The van der Waals surface area contributed by atoms with Gasteiger partial charge in [-0.15, -0.1) is 11.3 Å². The number of thiazole rings is 1. The van der Waals surface area contributed by atoms with E-state index in [-0.39, 0.29) is 5.91 Å². The summed E-state index contributed by atoms with van der Waals surface area (Å²) in [6, 6.07) is 13.5. The molecule has 1 aliphatic rings. The van der Waals surface area contributed by atoms with E-state index in [2.05, 4.69) is 11.1 Å². The molecule has 31 heavy (non-hydrogen) atoms. The first-order valence-electron chi connectivity index (χ1n) is 10.5. The predicted molar refractivity (Wildman–Crippen MR) is 124 cm³/mol. The molecule has 0 saturated carbocycles. The van der Waals surface area contributed by atoms with Crippen LogP contribution in [0.25, 0.3) is 10.2 Å². The average Bonchev–Trinajstić information content (AvgIpc) is 3.18. The van der Waals surface area contributed by atoms with Crippen LogP contribution < -0.4 is 0 Å². The molecule has 1 aliphatic heterocycles. The lowest BCUT2D eigenvalue weighted by atomic mass is 10.2. The minimum absolute atomic E-state index is 0.0879. The van der Waals surface area contributed by atoms with E-state index < -0.39 is 10.0 Å². The van der Waals surface area contributed by atoms with E-state index >= 15 is 0 Å². The Hall–Kier alpha value is -2.29. The third kappa shape index (κ3) is 4.81. The zero-order valence-electron chi connectivity index (χ0n) is 17.9. The molecular formula is C23H27N3O3S2. The van der Waals surface area contributed by atoms with Crippen LogP contribution >= 0.6 is 11.3 Å². The van der Waals surface area contributed by atoms with E-state index in [0.29, 0.717) is 37.5 Å². The first kappa shape index (κ1) is 21.9. The maximum absolute atomic E-state index is 13.1. The van der Waals surface area contributed by atoms with Crippen LogP contribution in [0.2, 0.25) is 0 Å². The number of hydrogen-bond acceptors (Lipinski definition) is 5. The Morgan fingerprint density at radius 3 is 2.55 bits per heavy atom. The van der Waals surface area contributed by atoms with Crippen LogP contribution in [-0.4, -0.2) is 54.7 Å². The Labute approximate surface area is 187 Å². The topological polar surface area (TPSA) is 70.6 Å². The summed E-state index contributed by atoms with van der Waals surface area (Å²) >= 11 is 1.68. The van der Waals surface area contributed by atoms with Crippen LogP contribution in [0, 0.1) is 13.8 Å². The number of nitrogens with zero attached hydrogens (tertiary/aromatic N) is 3. The van der Waals surface area contributed by atoms with Gasteiger partial charge >= 0.3 is 0 Å². The van der Waals surface area contributed by atoms with E-state index in [1.807, 2.05) is 44.2 Å². The molecule has 1 aromatic heterocycles. The van der Waals surface area contributed by atoms with Gasteiger partial charge in [0, 0.05) is 32.6 Å². The van der Waals surface area contributed by atoms with Gasteiger partial charge in [0.05, 0.1) is 20.1 Å². The smallest absolute Gasteiger partial charge is 0.243 e. The zero-order chi connectivity index (χ0) is 22.0. The molecule has 0 N–H and O–H groups in total. The molecule has 1 saturated heterocycles. The largest absolute Gasteiger partial charge is 0.340 e. The fraction of sp³-hybridized carbons (Fsp3) is 0.391. The van der Waals surface area contributed by atoms with E-state index in [4.69, 9.17) is 0 Å². The summed E-state index contributed by atoms with van der Waals surface area (Å²) in [6.07, 6.45) is 1.99. The molecule has 1 fully saturated rings. The number of aryl methyl sites for hydroxylation is 3. The van der Waals surface area contributed by atoms with Crippen molar-refractivity contribution in [2.75, 3.05) is 26.2 Å². The number of amides is 1. The van der Waals surface area contributed by atoms with E-state index in [1.54, 1.807) is 22.3 Å². The summed E-state index contributed by atoms with van der Waals surface area (Å²) in [5, 5.41) is 1.05. The normalized spacial score (nSPS) is 15.5. The molecular weight excluding hydrogens is 430 g/mol. The summed E-state index contributed by atoms with van der Waals surface area (Å²) < 4.78 is 28.8. The highest BCUT2D eigenvalue weighted by Gasteiger charge is 2.30. The van der Waals surface area contributed by atoms with Crippen molar-refractivity contribution < 1.29 is 13.2 Å². The molecule has 0 spiro atoms. The van der Waals surface area contributed by atoms with Gasteiger partial charge in [-0.2, -0.15) is 4.31 Å². The number of fused-ring (bicyclic) bond motifs is 1. The third-order valence-corrected chi connectivity index (χ3v) is 8.81. The molecule has 0 radical (unpaired) electrons. The lowest BCUT2D eigenvalue weighted by Crippen LogP contribution is -2.50. The van der Waals surface area contributed by atoms with Gasteiger partial charge in [0.15, 0.2) is 0 Å². The van der Waals surface area contributed by atoms with Crippen molar-refractivity contribution in [1.29, 1.82) is 0 Å². The van der Waals surface area contributed by atoms with Crippen molar-refractivity contribution in [3.8, 4) is 0 Å². The fourth-order valence-corrected chi connectivity index (χ4v) is 6.62. The van der Waals surface area contributed by atoms with Crippen molar-refractivity contribution in [2.24, 2.45) is 0 Å². The second-order valence-corrected chi connectivity index (χ2v) is 11.0. The van der Waals surface area contributed by atoms with Gasteiger partial charge in [0.2, 0.25) is 15.9 Å². The van der Waals surface area contributed by atoms with Gasteiger partial charge in [0.25, 0.3) is 0 Å². The number of para-hydroxylation sites is 1. The number of benzene rings is 2. The molecule has 0 aliphatic carbocycles. The Morgan fingerprint density at radius 1 is 1.06 bits per heavy atom. The van der Waals surface area contributed by atoms with Crippen LogP contribution in [0.15, 0.2) is 47.4 Å². The van der Waals surface area contributed by atoms with Gasteiger partial charge in [-0.3, -0.25) is 4.79 Å². The highest BCUT2D eigenvalue weighted by Crippen LogP contribution is 2.24. The maximum atomic E-state index is 13.1. The van der Waals surface area contributed by atoms with Crippen molar-refractivity contribution in [3.05, 3.63) is 58.6 Å². The Morgan fingerprint density at radius 2 is 1.81 bits per heavy atom. The molecule has 0 unspecified atom stereocenters. The first-order valence-corrected chi connectivity index (χ1v) is 12.8. The number of piperazine rings is 1. The zero-order valence-corrected chi connectivity index (χ0v) is 19.5. The van der Waals surface area contributed by atoms with Gasteiger partial charge in [-0.25, -0.2) is 13.4 Å². The molecule has 2 heterocycles. The van der Waals surface area contributed by atoms with Crippen molar-refractivity contribution >= 4 is 37.5 Å². The van der Waals surface area contributed by atoms with Crippen molar-refractivity contribution in [1.82, 2.24) is 14.2 Å². The number of carbonyl (C=O) groups is 1. The van der Waals surface area contributed by atoms with E-state index in [0.717, 1.165) is 34.5 Å². The van der Waals surface area contributed by atoms with Crippen molar-refractivity contribution in [2.45, 2.75) is 38.0 Å². The molecule has 1 amide bonds. The quantitative estimate of drug-likeness (QED) is 0.565. The number of rotatable bonds is 6.